The molecule has 0 atom stereocenters. The molecule has 1 heterocycles. The van der Waals surface area contributed by atoms with Gasteiger partial charge in [0.05, 0.1) is 6.61 Å². The summed E-state index contributed by atoms with van der Waals surface area (Å²) in [7, 11) is 0. The molecule has 0 bridgehead atoms. The second-order valence-electron chi connectivity index (χ2n) is 5.30. The molecule has 1 aromatic rings. The van der Waals surface area contributed by atoms with E-state index in [4.69, 9.17) is 9.15 Å². The van der Waals surface area contributed by atoms with Gasteiger partial charge < -0.3 is 9.15 Å². The van der Waals surface area contributed by atoms with Crippen LogP contribution in [0.25, 0.3) is 0 Å². The minimum absolute atomic E-state index is 0.0172. The van der Waals surface area contributed by atoms with Crippen molar-refractivity contribution in [2.45, 2.75) is 65.7 Å². The van der Waals surface area contributed by atoms with Gasteiger partial charge in [0, 0.05) is 6.42 Å². The quantitative estimate of drug-likeness (QED) is 0.509. The van der Waals surface area contributed by atoms with Crippen LogP contribution in [0.4, 0.5) is 0 Å². The van der Waals surface area contributed by atoms with Crippen LogP contribution in [0, 0.1) is 6.92 Å². The zero-order valence-electron chi connectivity index (χ0n) is 13.4. The van der Waals surface area contributed by atoms with E-state index in [-0.39, 0.29) is 12.2 Å². The molecular weight excluding hydrogens is 268 g/mol. The summed E-state index contributed by atoms with van der Waals surface area (Å²) in [6.07, 6.45) is 7.89. The lowest BCUT2D eigenvalue weighted by Crippen LogP contribution is -2.19. The molecule has 0 aliphatic heterocycles. The first-order valence-corrected chi connectivity index (χ1v) is 7.90. The van der Waals surface area contributed by atoms with Gasteiger partial charge >= 0.3 is 11.6 Å². The van der Waals surface area contributed by atoms with Crippen LogP contribution in [-0.2, 0) is 11.2 Å². The van der Waals surface area contributed by atoms with E-state index >= 15 is 0 Å². The van der Waals surface area contributed by atoms with E-state index in [1.807, 2.05) is 0 Å². The van der Waals surface area contributed by atoms with E-state index in [0.717, 1.165) is 19.3 Å². The Kier molecular flexibility index (Phi) is 7.80. The number of carbonyl (C=O) groups excluding carboxylic acids is 1. The Balaban J connectivity index is 2.58. The van der Waals surface area contributed by atoms with Crippen molar-refractivity contribution in [3.05, 3.63) is 33.4 Å². The Morgan fingerprint density at radius 1 is 1.14 bits per heavy atom. The van der Waals surface area contributed by atoms with Crippen LogP contribution in [0.5, 0.6) is 0 Å². The molecule has 0 amide bonds. The maximum Gasteiger partial charge on any atom is 0.350 e. The van der Waals surface area contributed by atoms with Gasteiger partial charge in [0.2, 0.25) is 0 Å². The third-order valence-electron chi connectivity index (χ3n) is 3.46. The Labute approximate surface area is 126 Å². The first kappa shape index (κ1) is 17.5. The van der Waals surface area contributed by atoms with Crippen LogP contribution in [0.2, 0.25) is 0 Å². The summed E-state index contributed by atoms with van der Waals surface area (Å²) in [4.78, 5) is 23.6. The molecule has 0 N–H and O–H groups in total. The standard InChI is InChI=1S/C17H26O4/c1-4-6-7-8-9-10-11-14-12-13(3)15(17(19)21-14)16(18)20-5-2/h12H,4-11H2,1-3H3. The predicted octanol–water partition coefficient (Wildman–Crippen LogP) is 4.03. The Morgan fingerprint density at radius 3 is 2.43 bits per heavy atom. The van der Waals surface area contributed by atoms with Gasteiger partial charge in [-0.1, -0.05) is 39.0 Å². The minimum atomic E-state index is -0.602. The smallest absolute Gasteiger partial charge is 0.350 e. The molecule has 0 aliphatic carbocycles. The monoisotopic (exact) mass is 294 g/mol. The highest BCUT2D eigenvalue weighted by Gasteiger charge is 2.17. The Hall–Kier alpha value is -1.58. The zero-order valence-corrected chi connectivity index (χ0v) is 13.4. The highest BCUT2D eigenvalue weighted by atomic mass is 16.5. The van der Waals surface area contributed by atoms with Gasteiger partial charge in [-0.3, -0.25) is 0 Å². The number of aryl methyl sites for hydroxylation is 2. The van der Waals surface area contributed by atoms with E-state index in [1.54, 1.807) is 19.9 Å². The topological polar surface area (TPSA) is 56.5 Å². The summed E-state index contributed by atoms with van der Waals surface area (Å²) in [6.45, 7) is 5.90. The second kappa shape index (κ2) is 9.37. The minimum Gasteiger partial charge on any atom is -0.462 e. The number of hydrogen-bond donors (Lipinski definition) is 0. The van der Waals surface area contributed by atoms with Crippen molar-refractivity contribution in [1.82, 2.24) is 0 Å². The molecule has 4 nitrogen and oxygen atoms in total. The number of ether oxygens (including phenoxy) is 1. The Bertz CT molecular complexity index is 502. The molecule has 0 fully saturated rings. The lowest BCUT2D eigenvalue weighted by molar-refractivity contribution is 0.0520. The van der Waals surface area contributed by atoms with E-state index in [2.05, 4.69) is 6.92 Å². The summed E-state index contributed by atoms with van der Waals surface area (Å²) < 4.78 is 10.1. The molecule has 21 heavy (non-hydrogen) atoms. The van der Waals surface area contributed by atoms with Crippen LogP contribution in [0.3, 0.4) is 0 Å². The van der Waals surface area contributed by atoms with Crippen LogP contribution >= 0.6 is 0 Å². The summed E-state index contributed by atoms with van der Waals surface area (Å²) >= 11 is 0. The fourth-order valence-corrected chi connectivity index (χ4v) is 2.32. The van der Waals surface area contributed by atoms with Gasteiger partial charge in [-0.25, -0.2) is 9.59 Å². The normalized spacial score (nSPS) is 10.6. The molecular formula is C17H26O4. The maximum absolute atomic E-state index is 11.9. The third-order valence-corrected chi connectivity index (χ3v) is 3.46. The molecule has 1 rings (SSSR count). The van der Waals surface area contributed by atoms with Crippen molar-refractivity contribution in [3.63, 3.8) is 0 Å². The van der Waals surface area contributed by atoms with Crippen molar-refractivity contribution in [3.8, 4) is 0 Å². The average molecular weight is 294 g/mol. The SMILES string of the molecule is CCCCCCCCc1cc(C)c(C(=O)OCC)c(=O)o1. The summed E-state index contributed by atoms with van der Waals surface area (Å²) in [5, 5.41) is 0. The molecule has 0 spiro atoms. The van der Waals surface area contributed by atoms with Crippen molar-refractivity contribution in [1.29, 1.82) is 0 Å². The molecule has 1 aromatic heterocycles. The first-order valence-electron chi connectivity index (χ1n) is 7.90. The van der Waals surface area contributed by atoms with Crippen LogP contribution in [0.15, 0.2) is 15.3 Å². The largest absolute Gasteiger partial charge is 0.462 e. The lowest BCUT2D eigenvalue weighted by Gasteiger charge is -2.06. The van der Waals surface area contributed by atoms with Gasteiger partial charge in [-0.05, 0) is 31.9 Å². The molecule has 4 heteroatoms. The highest BCUT2D eigenvalue weighted by molar-refractivity contribution is 5.90. The molecule has 0 aromatic carbocycles. The highest BCUT2D eigenvalue weighted by Crippen LogP contribution is 2.12. The van der Waals surface area contributed by atoms with Crippen molar-refractivity contribution >= 4 is 5.97 Å². The van der Waals surface area contributed by atoms with Gasteiger partial charge in [-0.15, -0.1) is 0 Å². The van der Waals surface area contributed by atoms with E-state index in [1.165, 1.54) is 25.7 Å². The Morgan fingerprint density at radius 2 is 1.81 bits per heavy atom. The number of carbonyl (C=O) groups is 1. The van der Waals surface area contributed by atoms with E-state index in [9.17, 15) is 9.59 Å². The number of esters is 1. The third kappa shape index (κ3) is 5.74. The van der Waals surface area contributed by atoms with Crippen molar-refractivity contribution < 1.29 is 13.9 Å². The van der Waals surface area contributed by atoms with Gasteiger partial charge in [-0.2, -0.15) is 0 Å². The number of rotatable bonds is 9. The molecule has 0 aliphatic rings. The maximum atomic E-state index is 11.9. The number of hydrogen-bond acceptors (Lipinski definition) is 4. The lowest BCUT2D eigenvalue weighted by atomic mass is 10.1. The summed E-state index contributed by atoms with van der Waals surface area (Å²) in [5.74, 6) is 0.0518. The second-order valence-corrected chi connectivity index (χ2v) is 5.30. The first-order chi connectivity index (χ1) is 10.1. The van der Waals surface area contributed by atoms with Crippen molar-refractivity contribution in [2.24, 2.45) is 0 Å². The van der Waals surface area contributed by atoms with E-state index < -0.39 is 11.6 Å². The molecule has 118 valence electrons. The van der Waals surface area contributed by atoms with Crippen LogP contribution < -0.4 is 5.63 Å². The van der Waals surface area contributed by atoms with E-state index in [0.29, 0.717) is 11.3 Å². The van der Waals surface area contributed by atoms with Gasteiger partial charge in [0.1, 0.15) is 11.3 Å². The zero-order chi connectivity index (χ0) is 15.7. The average Bonchev–Trinajstić information content (AvgIpc) is 2.42. The predicted molar refractivity (Wildman–Crippen MR) is 82.8 cm³/mol. The molecule has 0 saturated heterocycles. The summed E-state index contributed by atoms with van der Waals surface area (Å²) in [6, 6.07) is 1.78. The van der Waals surface area contributed by atoms with Crippen LogP contribution in [0.1, 0.15) is 74.1 Å². The van der Waals surface area contributed by atoms with Gasteiger partial charge in [0.15, 0.2) is 0 Å². The van der Waals surface area contributed by atoms with Gasteiger partial charge in [0.25, 0.3) is 0 Å². The fraction of sp³-hybridized carbons (Fsp3) is 0.647. The molecule has 0 radical (unpaired) electrons. The fourth-order valence-electron chi connectivity index (χ4n) is 2.32. The molecule has 0 saturated carbocycles. The summed E-state index contributed by atoms with van der Waals surface area (Å²) in [5.41, 5.74) is 0.0589. The number of unbranched alkanes of at least 4 members (excludes halogenated alkanes) is 5. The molecule has 0 unspecified atom stereocenters. The van der Waals surface area contributed by atoms with Crippen molar-refractivity contribution in [2.75, 3.05) is 6.61 Å². The van der Waals surface area contributed by atoms with Crippen LogP contribution in [-0.4, -0.2) is 12.6 Å².